The van der Waals surface area contributed by atoms with Crippen LogP contribution in [0.2, 0.25) is 0 Å². The second-order valence-corrected chi connectivity index (χ2v) is 12.1. The molecule has 216 valence electrons. The Morgan fingerprint density at radius 1 is 1.17 bits per heavy atom. The second-order valence-electron chi connectivity index (χ2n) is 10.2. The minimum absolute atomic E-state index is 0.0176. The fourth-order valence-electron chi connectivity index (χ4n) is 4.85. The fourth-order valence-corrected chi connectivity index (χ4v) is 6.28. The van der Waals surface area contributed by atoms with Crippen LogP contribution in [0.25, 0.3) is 17.4 Å². The Labute approximate surface area is 250 Å². The summed E-state index contributed by atoms with van der Waals surface area (Å²) in [5.41, 5.74) is 3.22. The number of aromatic nitrogens is 1. The first-order chi connectivity index (χ1) is 20.0. The monoisotopic (exact) mass is 603 g/mol. The van der Waals surface area contributed by atoms with E-state index in [2.05, 4.69) is 4.99 Å². The Balaban J connectivity index is 1.62. The number of esters is 1. The number of nitro benzene ring substituents is 1. The van der Waals surface area contributed by atoms with Crippen LogP contribution in [-0.4, -0.2) is 27.8 Å². The number of thiazole rings is 1. The van der Waals surface area contributed by atoms with Gasteiger partial charge in [0.05, 0.1) is 32.9 Å². The van der Waals surface area contributed by atoms with Crippen LogP contribution in [0, 0.1) is 24.0 Å². The van der Waals surface area contributed by atoms with E-state index >= 15 is 0 Å². The van der Waals surface area contributed by atoms with Gasteiger partial charge >= 0.3 is 5.97 Å². The van der Waals surface area contributed by atoms with Gasteiger partial charge in [-0.2, -0.15) is 0 Å². The Kier molecular flexibility index (Phi) is 8.07. The van der Waals surface area contributed by atoms with Gasteiger partial charge in [0.1, 0.15) is 11.5 Å². The molecule has 0 spiro atoms. The number of furan rings is 1. The van der Waals surface area contributed by atoms with E-state index in [4.69, 9.17) is 9.15 Å². The first-order valence-electron chi connectivity index (χ1n) is 13.2. The normalized spacial score (nSPS) is 15.1. The first kappa shape index (κ1) is 29.3. The number of benzene rings is 2. The predicted octanol–water partition coefficient (Wildman–Crippen LogP) is 5.69. The molecule has 9 nitrogen and oxygen atoms in total. The standard InChI is InChI=1S/C31H29N3O6S2/c1-16(2)39-30(36)27-19(5)32-31-33(28(27)20-7-10-23(41-6)11-8-20)29(35)26(42-31)15-22-9-12-25(40-22)21-13-17(3)18(4)24(14-21)34(37)38/h7-16,28H,1-6H3/b26-15-/t28-/m0/s1. The largest absolute Gasteiger partial charge is 0.459 e. The average molecular weight is 604 g/mol. The summed E-state index contributed by atoms with van der Waals surface area (Å²) in [6, 6.07) is 13.8. The number of rotatable bonds is 7. The van der Waals surface area contributed by atoms with E-state index in [1.807, 2.05) is 43.5 Å². The summed E-state index contributed by atoms with van der Waals surface area (Å²) in [5, 5.41) is 11.5. The summed E-state index contributed by atoms with van der Waals surface area (Å²) in [4.78, 5) is 44.4. The highest BCUT2D eigenvalue weighted by Crippen LogP contribution is 2.33. The maximum absolute atomic E-state index is 13.9. The van der Waals surface area contributed by atoms with Gasteiger partial charge < -0.3 is 9.15 Å². The van der Waals surface area contributed by atoms with Crippen molar-refractivity contribution in [1.29, 1.82) is 0 Å². The maximum Gasteiger partial charge on any atom is 0.338 e. The molecule has 2 aromatic carbocycles. The molecule has 1 aliphatic heterocycles. The maximum atomic E-state index is 13.9. The van der Waals surface area contributed by atoms with Gasteiger partial charge in [0.2, 0.25) is 0 Å². The lowest BCUT2D eigenvalue weighted by Gasteiger charge is -2.25. The summed E-state index contributed by atoms with van der Waals surface area (Å²) in [6.07, 6.45) is 3.27. The lowest BCUT2D eigenvalue weighted by Crippen LogP contribution is -2.40. The van der Waals surface area contributed by atoms with Crippen molar-refractivity contribution in [2.75, 3.05) is 6.26 Å². The number of nitro groups is 1. The number of nitrogens with zero attached hydrogens (tertiary/aromatic N) is 3. The third kappa shape index (κ3) is 5.49. The van der Waals surface area contributed by atoms with Crippen molar-refractivity contribution in [3.05, 3.63) is 112 Å². The van der Waals surface area contributed by atoms with E-state index < -0.39 is 16.9 Å². The zero-order valence-corrected chi connectivity index (χ0v) is 25.6. The summed E-state index contributed by atoms with van der Waals surface area (Å²) >= 11 is 2.80. The number of thioether (sulfide) groups is 1. The lowest BCUT2D eigenvalue weighted by molar-refractivity contribution is -0.385. The molecule has 0 N–H and O–H groups in total. The van der Waals surface area contributed by atoms with Crippen LogP contribution < -0.4 is 14.9 Å². The fraction of sp³-hybridized carbons (Fsp3) is 0.258. The Hall–Kier alpha value is -4.22. The molecule has 3 heterocycles. The topological polar surface area (TPSA) is 117 Å². The van der Waals surface area contributed by atoms with Crippen LogP contribution in [0.15, 0.2) is 78.9 Å². The number of carbonyl (C=O) groups excluding carboxylic acids is 1. The van der Waals surface area contributed by atoms with Crippen LogP contribution in [-0.2, 0) is 9.53 Å². The highest BCUT2D eigenvalue weighted by Gasteiger charge is 2.33. The third-order valence-electron chi connectivity index (χ3n) is 7.04. The quantitative estimate of drug-likeness (QED) is 0.115. The number of aryl methyl sites for hydroxylation is 1. The molecule has 1 atom stereocenters. The molecule has 4 aromatic rings. The lowest BCUT2D eigenvalue weighted by atomic mass is 9.96. The van der Waals surface area contributed by atoms with Gasteiger partial charge in [-0.3, -0.25) is 19.5 Å². The predicted molar refractivity (Wildman–Crippen MR) is 163 cm³/mol. The number of carbonyl (C=O) groups is 1. The molecule has 0 fully saturated rings. The number of fused-ring (bicyclic) bond motifs is 1. The Bertz CT molecular complexity index is 1930. The number of ether oxygens (including phenoxy) is 1. The zero-order valence-electron chi connectivity index (χ0n) is 24.0. The van der Waals surface area contributed by atoms with E-state index in [-0.39, 0.29) is 17.4 Å². The SMILES string of the molecule is CSc1ccc([C@H]2C(C(=O)OC(C)C)=C(C)N=c3s/c(=C\c4ccc(-c5cc(C)c(C)c([N+](=O)[O-])c5)o4)c(=O)n32)cc1. The van der Waals surface area contributed by atoms with Gasteiger partial charge in [-0.1, -0.05) is 23.5 Å². The average Bonchev–Trinajstić information content (AvgIpc) is 3.53. The van der Waals surface area contributed by atoms with E-state index in [0.29, 0.717) is 43.3 Å². The van der Waals surface area contributed by atoms with Crippen molar-refractivity contribution < 1.29 is 18.9 Å². The van der Waals surface area contributed by atoms with Crippen LogP contribution >= 0.6 is 23.1 Å². The molecule has 42 heavy (non-hydrogen) atoms. The minimum Gasteiger partial charge on any atom is -0.459 e. The van der Waals surface area contributed by atoms with Gasteiger partial charge in [0.15, 0.2) is 4.80 Å². The highest BCUT2D eigenvalue weighted by molar-refractivity contribution is 7.98. The molecular formula is C31H29N3O6S2. The van der Waals surface area contributed by atoms with Gasteiger partial charge in [0, 0.05) is 28.2 Å². The van der Waals surface area contributed by atoms with Gasteiger partial charge in [0.25, 0.3) is 11.2 Å². The highest BCUT2D eigenvalue weighted by atomic mass is 32.2. The van der Waals surface area contributed by atoms with Crippen molar-refractivity contribution in [1.82, 2.24) is 4.57 Å². The van der Waals surface area contributed by atoms with E-state index in [9.17, 15) is 19.7 Å². The van der Waals surface area contributed by atoms with Crippen molar-refractivity contribution >= 4 is 40.8 Å². The van der Waals surface area contributed by atoms with Gasteiger partial charge in [-0.25, -0.2) is 9.79 Å². The molecule has 2 aromatic heterocycles. The van der Waals surface area contributed by atoms with Crippen molar-refractivity contribution in [2.24, 2.45) is 4.99 Å². The zero-order chi connectivity index (χ0) is 30.3. The van der Waals surface area contributed by atoms with E-state index in [1.165, 1.54) is 22.0 Å². The van der Waals surface area contributed by atoms with Crippen LogP contribution in [0.3, 0.4) is 0 Å². The summed E-state index contributed by atoms with van der Waals surface area (Å²) in [6.45, 7) is 8.83. The van der Waals surface area contributed by atoms with Crippen LogP contribution in [0.4, 0.5) is 5.69 Å². The molecule has 0 bridgehead atoms. The first-order valence-corrected chi connectivity index (χ1v) is 15.3. The summed E-state index contributed by atoms with van der Waals surface area (Å²) in [7, 11) is 0. The smallest absolute Gasteiger partial charge is 0.338 e. The molecule has 5 rings (SSSR count). The molecule has 11 heteroatoms. The van der Waals surface area contributed by atoms with Crippen LogP contribution in [0.5, 0.6) is 0 Å². The molecule has 0 unspecified atom stereocenters. The number of allylic oxidation sites excluding steroid dienone is 1. The van der Waals surface area contributed by atoms with Gasteiger partial charge in [-0.15, -0.1) is 11.8 Å². The molecule has 0 saturated carbocycles. The third-order valence-corrected chi connectivity index (χ3v) is 8.76. The summed E-state index contributed by atoms with van der Waals surface area (Å²) in [5.74, 6) is 0.339. The molecule has 1 aliphatic rings. The van der Waals surface area contributed by atoms with Crippen LogP contribution in [0.1, 0.15) is 49.3 Å². The molecule has 0 radical (unpaired) electrons. The molecular weight excluding hydrogens is 574 g/mol. The molecule has 0 saturated heterocycles. The number of hydrogen-bond donors (Lipinski definition) is 0. The second kappa shape index (κ2) is 11.6. The minimum atomic E-state index is -0.714. The van der Waals surface area contributed by atoms with Gasteiger partial charge in [-0.05, 0) is 82.3 Å². The Morgan fingerprint density at radius 3 is 2.52 bits per heavy atom. The van der Waals surface area contributed by atoms with Crippen molar-refractivity contribution in [3.8, 4) is 11.3 Å². The summed E-state index contributed by atoms with van der Waals surface area (Å²) < 4.78 is 13.5. The van der Waals surface area contributed by atoms with Crippen molar-refractivity contribution in [3.63, 3.8) is 0 Å². The van der Waals surface area contributed by atoms with Crippen molar-refractivity contribution in [2.45, 2.75) is 51.7 Å². The van der Waals surface area contributed by atoms with E-state index in [1.54, 1.807) is 57.7 Å². The molecule has 0 amide bonds. The number of hydrogen-bond acceptors (Lipinski definition) is 9. The molecule has 0 aliphatic carbocycles. The van der Waals surface area contributed by atoms with E-state index in [0.717, 1.165) is 16.0 Å². The Morgan fingerprint density at radius 2 is 1.88 bits per heavy atom.